The van der Waals surface area contributed by atoms with E-state index in [1.54, 1.807) is 0 Å². The molecule has 116 valence electrons. The van der Waals surface area contributed by atoms with E-state index in [2.05, 4.69) is 10.4 Å². The van der Waals surface area contributed by atoms with Gasteiger partial charge >= 0.3 is 0 Å². The number of carbonyl (C=O) groups is 1. The number of hydrogen-bond acceptors (Lipinski definition) is 3. The van der Waals surface area contributed by atoms with Gasteiger partial charge in [-0.1, -0.05) is 17.7 Å². The molecule has 1 aliphatic carbocycles. The first-order chi connectivity index (χ1) is 10.6. The Kier molecular flexibility index (Phi) is 4.13. The molecule has 0 radical (unpaired) electrons. The average Bonchev–Trinajstić information content (AvgIpc) is 2.90. The van der Waals surface area contributed by atoms with Gasteiger partial charge in [0.1, 0.15) is 5.75 Å². The number of nitrogens with zero attached hydrogens (tertiary/aromatic N) is 2. The van der Waals surface area contributed by atoms with E-state index < -0.39 is 0 Å². The topological polar surface area (TPSA) is 56.1 Å². The predicted octanol–water partition coefficient (Wildman–Crippen LogP) is 2.30. The molecule has 0 saturated heterocycles. The molecular weight excluding hydrogens is 278 g/mol. The van der Waals surface area contributed by atoms with E-state index >= 15 is 0 Å². The lowest BCUT2D eigenvalue weighted by atomic mass is 9.93. The third-order valence-corrected chi connectivity index (χ3v) is 4.10. The molecule has 1 N–H and O–H groups in total. The van der Waals surface area contributed by atoms with E-state index in [0.717, 1.165) is 24.8 Å². The fourth-order valence-corrected chi connectivity index (χ4v) is 2.88. The number of nitrogens with one attached hydrogen (secondary N) is 1. The Bertz CT molecular complexity index is 661. The SMILES string of the molecule is Cc1ccc(OCC(=O)NC2CCCc3c2cnn3C)cc1. The van der Waals surface area contributed by atoms with Gasteiger partial charge in [-0.2, -0.15) is 5.10 Å². The van der Waals surface area contributed by atoms with Gasteiger partial charge in [0.25, 0.3) is 5.91 Å². The molecule has 0 saturated carbocycles. The van der Waals surface area contributed by atoms with Gasteiger partial charge in [-0.15, -0.1) is 0 Å². The van der Waals surface area contributed by atoms with Crippen LogP contribution in [0.5, 0.6) is 5.75 Å². The highest BCUT2D eigenvalue weighted by Gasteiger charge is 2.24. The van der Waals surface area contributed by atoms with Gasteiger partial charge in [0.2, 0.25) is 0 Å². The first kappa shape index (κ1) is 14.6. The van der Waals surface area contributed by atoms with Crippen LogP contribution in [-0.4, -0.2) is 22.3 Å². The zero-order valence-corrected chi connectivity index (χ0v) is 13.0. The van der Waals surface area contributed by atoms with Crippen LogP contribution in [-0.2, 0) is 18.3 Å². The van der Waals surface area contributed by atoms with Crippen molar-refractivity contribution in [2.45, 2.75) is 32.2 Å². The molecule has 0 aliphatic heterocycles. The van der Waals surface area contributed by atoms with Crippen LogP contribution in [0.2, 0.25) is 0 Å². The van der Waals surface area contributed by atoms with Crippen molar-refractivity contribution in [1.82, 2.24) is 15.1 Å². The molecule has 0 bridgehead atoms. The fourth-order valence-electron chi connectivity index (χ4n) is 2.88. The maximum absolute atomic E-state index is 12.1. The zero-order valence-electron chi connectivity index (χ0n) is 13.0. The molecule has 1 aromatic heterocycles. The molecule has 1 unspecified atom stereocenters. The van der Waals surface area contributed by atoms with Crippen LogP contribution in [0.4, 0.5) is 0 Å². The lowest BCUT2D eigenvalue weighted by molar-refractivity contribution is -0.123. The van der Waals surface area contributed by atoms with Gasteiger partial charge in [-0.05, 0) is 38.3 Å². The number of rotatable bonds is 4. The Hall–Kier alpha value is -2.30. The third-order valence-electron chi connectivity index (χ3n) is 4.10. The summed E-state index contributed by atoms with van der Waals surface area (Å²) >= 11 is 0. The molecule has 0 fully saturated rings. The monoisotopic (exact) mass is 299 g/mol. The summed E-state index contributed by atoms with van der Waals surface area (Å²) in [6.07, 6.45) is 4.91. The zero-order chi connectivity index (χ0) is 15.5. The van der Waals surface area contributed by atoms with Crippen LogP contribution in [0.1, 0.15) is 35.7 Å². The van der Waals surface area contributed by atoms with Crippen LogP contribution in [0.25, 0.3) is 0 Å². The van der Waals surface area contributed by atoms with Gasteiger partial charge in [-0.25, -0.2) is 0 Å². The number of aryl methyl sites for hydroxylation is 2. The minimum absolute atomic E-state index is 0.0369. The number of amides is 1. The molecule has 1 heterocycles. The number of carbonyl (C=O) groups excluding carboxylic acids is 1. The normalized spacial score (nSPS) is 16.9. The van der Waals surface area contributed by atoms with E-state index in [4.69, 9.17) is 4.74 Å². The highest BCUT2D eigenvalue weighted by molar-refractivity contribution is 5.78. The molecule has 3 rings (SSSR count). The quantitative estimate of drug-likeness (QED) is 0.942. The lowest BCUT2D eigenvalue weighted by Gasteiger charge is -2.23. The second-order valence-electron chi connectivity index (χ2n) is 5.78. The third kappa shape index (κ3) is 3.13. The molecule has 1 atom stereocenters. The van der Waals surface area contributed by atoms with Gasteiger partial charge in [0, 0.05) is 18.3 Å². The Morgan fingerprint density at radius 1 is 1.41 bits per heavy atom. The van der Waals surface area contributed by atoms with Crippen molar-refractivity contribution >= 4 is 5.91 Å². The van der Waals surface area contributed by atoms with Crippen LogP contribution >= 0.6 is 0 Å². The Balaban J connectivity index is 1.57. The number of aromatic nitrogens is 2. The average molecular weight is 299 g/mol. The molecule has 5 nitrogen and oxygen atoms in total. The summed E-state index contributed by atoms with van der Waals surface area (Å²) in [7, 11) is 1.95. The summed E-state index contributed by atoms with van der Waals surface area (Å²) in [5, 5.41) is 7.34. The van der Waals surface area contributed by atoms with E-state index in [9.17, 15) is 4.79 Å². The molecule has 1 amide bonds. The first-order valence-electron chi connectivity index (χ1n) is 7.63. The number of hydrogen-bond donors (Lipinski definition) is 1. The fraction of sp³-hybridized carbons (Fsp3) is 0.412. The van der Waals surface area contributed by atoms with Crippen molar-refractivity contribution in [3.63, 3.8) is 0 Å². The minimum atomic E-state index is -0.0951. The van der Waals surface area contributed by atoms with Crippen molar-refractivity contribution in [1.29, 1.82) is 0 Å². The highest BCUT2D eigenvalue weighted by atomic mass is 16.5. The molecule has 22 heavy (non-hydrogen) atoms. The predicted molar refractivity (Wildman–Crippen MR) is 83.7 cm³/mol. The number of fused-ring (bicyclic) bond motifs is 1. The van der Waals surface area contributed by atoms with E-state index in [1.807, 2.05) is 49.1 Å². The summed E-state index contributed by atoms with van der Waals surface area (Å²) < 4.78 is 7.42. The number of benzene rings is 1. The van der Waals surface area contributed by atoms with E-state index in [-0.39, 0.29) is 18.6 Å². The van der Waals surface area contributed by atoms with Crippen LogP contribution in [0.15, 0.2) is 30.5 Å². The maximum atomic E-state index is 12.1. The van der Waals surface area contributed by atoms with Crippen LogP contribution in [0, 0.1) is 6.92 Å². The summed E-state index contributed by atoms with van der Waals surface area (Å²) in [5.74, 6) is 0.619. The standard InChI is InChI=1S/C17H21N3O2/c1-12-6-8-13(9-7-12)22-11-17(21)19-15-4-3-5-16-14(15)10-18-20(16)2/h6-10,15H,3-5,11H2,1-2H3,(H,19,21). The molecule has 2 aromatic rings. The summed E-state index contributed by atoms with van der Waals surface area (Å²) in [6, 6.07) is 7.74. The molecule has 0 spiro atoms. The van der Waals surface area contributed by atoms with Crippen molar-refractivity contribution in [2.75, 3.05) is 6.61 Å². The summed E-state index contributed by atoms with van der Waals surface area (Å²) in [4.78, 5) is 12.1. The second kappa shape index (κ2) is 6.22. The van der Waals surface area contributed by atoms with Crippen molar-refractivity contribution in [2.24, 2.45) is 7.05 Å². The summed E-state index contributed by atoms with van der Waals surface area (Å²) in [5.41, 5.74) is 3.52. The Labute approximate surface area is 130 Å². The smallest absolute Gasteiger partial charge is 0.258 e. The molecule has 1 aromatic carbocycles. The lowest BCUT2D eigenvalue weighted by Crippen LogP contribution is -2.34. The van der Waals surface area contributed by atoms with Crippen LogP contribution < -0.4 is 10.1 Å². The Morgan fingerprint density at radius 3 is 2.95 bits per heavy atom. The Morgan fingerprint density at radius 2 is 2.18 bits per heavy atom. The van der Waals surface area contributed by atoms with E-state index in [0.29, 0.717) is 5.75 Å². The minimum Gasteiger partial charge on any atom is -0.484 e. The molecule has 5 heteroatoms. The van der Waals surface area contributed by atoms with Gasteiger partial charge in [0.15, 0.2) is 6.61 Å². The van der Waals surface area contributed by atoms with Gasteiger partial charge in [0.05, 0.1) is 12.2 Å². The van der Waals surface area contributed by atoms with Gasteiger partial charge in [-0.3, -0.25) is 9.48 Å². The number of ether oxygens (including phenoxy) is 1. The van der Waals surface area contributed by atoms with Crippen LogP contribution in [0.3, 0.4) is 0 Å². The molecule has 1 aliphatic rings. The summed E-state index contributed by atoms with van der Waals surface area (Å²) in [6.45, 7) is 2.06. The van der Waals surface area contributed by atoms with Crippen molar-refractivity contribution in [3.8, 4) is 5.75 Å². The second-order valence-corrected chi connectivity index (χ2v) is 5.78. The largest absolute Gasteiger partial charge is 0.484 e. The van der Waals surface area contributed by atoms with Gasteiger partial charge < -0.3 is 10.1 Å². The van der Waals surface area contributed by atoms with Crippen molar-refractivity contribution in [3.05, 3.63) is 47.3 Å². The first-order valence-corrected chi connectivity index (χ1v) is 7.63. The van der Waals surface area contributed by atoms with Crippen molar-refractivity contribution < 1.29 is 9.53 Å². The maximum Gasteiger partial charge on any atom is 0.258 e. The highest BCUT2D eigenvalue weighted by Crippen LogP contribution is 2.28. The van der Waals surface area contributed by atoms with E-state index in [1.165, 1.54) is 11.3 Å². The molecular formula is C17H21N3O2.